The van der Waals surface area contributed by atoms with Gasteiger partial charge >= 0.3 is 0 Å². The van der Waals surface area contributed by atoms with Crippen molar-refractivity contribution in [2.45, 2.75) is 58.9 Å². The highest BCUT2D eigenvalue weighted by Gasteiger charge is 2.45. The lowest BCUT2D eigenvalue weighted by molar-refractivity contribution is 0.0773. The van der Waals surface area contributed by atoms with Gasteiger partial charge in [-0.15, -0.1) is 0 Å². The lowest BCUT2D eigenvalue weighted by Gasteiger charge is -2.49. The normalized spacial score (nSPS) is 28.4. The van der Waals surface area contributed by atoms with Crippen LogP contribution in [0.25, 0.3) is 0 Å². The van der Waals surface area contributed by atoms with Crippen molar-refractivity contribution in [1.82, 2.24) is 0 Å². The third-order valence-corrected chi connectivity index (χ3v) is 4.69. The van der Waals surface area contributed by atoms with Crippen LogP contribution in [0.5, 0.6) is 0 Å². The summed E-state index contributed by atoms with van der Waals surface area (Å²) < 4.78 is 13.3. The Morgan fingerprint density at radius 1 is 1.26 bits per heavy atom. The van der Waals surface area contributed by atoms with E-state index in [0.717, 1.165) is 24.0 Å². The van der Waals surface area contributed by atoms with E-state index in [-0.39, 0.29) is 16.8 Å². The van der Waals surface area contributed by atoms with E-state index in [4.69, 9.17) is 5.73 Å². The van der Waals surface area contributed by atoms with Crippen LogP contribution in [0.3, 0.4) is 0 Å². The molecule has 0 saturated heterocycles. The molecule has 0 amide bonds. The van der Waals surface area contributed by atoms with E-state index in [2.05, 4.69) is 20.8 Å². The predicted octanol–water partition coefficient (Wildman–Crippen LogP) is 4.52. The average Bonchev–Trinajstić information content (AvgIpc) is 2.27. The summed E-state index contributed by atoms with van der Waals surface area (Å²) in [4.78, 5) is 0. The summed E-state index contributed by atoms with van der Waals surface area (Å²) in [5, 5.41) is 0. The Labute approximate surface area is 116 Å². The zero-order valence-corrected chi connectivity index (χ0v) is 12.6. The van der Waals surface area contributed by atoms with Crippen molar-refractivity contribution >= 4 is 0 Å². The molecule has 1 aliphatic carbocycles. The second-order valence-electron chi connectivity index (χ2n) is 7.16. The minimum Gasteiger partial charge on any atom is -0.321 e. The first-order valence-corrected chi connectivity index (χ1v) is 7.30. The maximum Gasteiger partial charge on any atom is 0.123 e. The van der Waals surface area contributed by atoms with Crippen molar-refractivity contribution < 1.29 is 4.39 Å². The molecule has 2 rings (SSSR count). The minimum absolute atomic E-state index is 0.173. The summed E-state index contributed by atoms with van der Waals surface area (Å²) in [6.45, 7) is 8.78. The average molecular weight is 263 g/mol. The lowest BCUT2D eigenvalue weighted by Crippen LogP contribution is -2.51. The Hall–Kier alpha value is -0.890. The van der Waals surface area contributed by atoms with Crippen LogP contribution in [0.1, 0.15) is 57.6 Å². The van der Waals surface area contributed by atoms with E-state index in [0.29, 0.717) is 5.92 Å². The van der Waals surface area contributed by atoms with E-state index in [1.165, 1.54) is 12.8 Å². The van der Waals surface area contributed by atoms with Gasteiger partial charge in [-0.3, -0.25) is 0 Å². The number of rotatable bonds is 1. The second-order valence-corrected chi connectivity index (χ2v) is 7.16. The van der Waals surface area contributed by atoms with E-state index in [1.54, 1.807) is 12.1 Å². The van der Waals surface area contributed by atoms with E-state index in [9.17, 15) is 4.39 Å². The third-order valence-electron chi connectivity index (χ3n) is 4.69. The zero-order valence-electron chi connectivity index (χ0n) is 12.6. The van der Waals surface area contributed by atoms with Crippen LogP contribution in [0, 0.1) is 24.1 Å². The van der Waals surface area contributed by atoms with Crippen molar-refractivity contribution in [3.63, 3.8) is 0 Å². The maximum atomic E-state index is 13.3. The van der Waals surface area contributed by atoms with Crippen LogP contribution in [0.2, 0.25) is 0 Å². The van der Waals surface area contributed by atoms with Crippen LogP contribution >= 0.6 is 0 Å². The van der Waals surface area contributed by atoms with Crippen LogP contribution in [-0.2, 0) is 5.54 Å². The number of hydrogen-bond acceptors (Lipinski definition) is 1. The highest BCUT2D eigenvalue weighted by atomic mass is 19.1. The molecule has 0 aliphatic heterocycles. The van der Waals surface area contributed by atoms with Gasteiger partial charge in [-0.2, -0.15) is 0 Å². The van der Waals surface area contributed by atoms with Crippen LogP contribution in [0.4, 0.5) is 4.39 Å². The molecule has 19 heavy (non-hydrogen) atoms. The van der Waals surface area contributed by atoms with Crippen LogP contribution in [0.15, 0.2) is 18.2 Å². The molecule has 1 aromatic carbocycles. The number of halogens is 1. The smallest absolute Gasteiger partial charge is 0.123 e. The van der Waals surface area contributed by atoms with Gasteiger partial charge in [0.25, 0.3) is 0 Å². The quantitative estimate of drug-likeness (QED) is 0.791. The van der Waals surface area contributed by atoms with E-state index in [1.807, 2.05) is 13.0 Å². The molecule has 2 atom stereocenters. The summed E-state index contributed by atoms with van der Waals surface area (Å²) in [7, 11) is 0. The summed E-state index contributed by atoms with van der Waals surface area (Å²) in [6, 6.07) is 5.05. The SMILES string of the molecule is Cc1cc(F)ccc1C1(N)CCCCC1C(C)(C)C. The predicted molar refractivity (Wildman–Crippen MR) is 78.4 cm³/mol. The Balaban J connectivity index is 2.48. The van der Waals surface area contributed by atoms with Crippen molar-refractivity contribution in [2.24, 2.45) is 17.1 Å². The first kappa shape index (κ1) is 14.5. The fraction of sp³-hybridized carbons (Fsp3) is 0.647. The molecule has 0 heterocycles. The molecule has 106 valence electrons. The molecule has 1 saturated carbocycles. The van der Waals surface area contributed by atoms with Crippen molar-refractivity contribution in [3.05, 3.63) is 35.1 Å². The lowest BCUT2D eigenvalue weighted by atomic mass is 9.59. The number of nitrogens with two attached hydrogens (primary N) is 1. The van der Waals surface area contributed by atoms with Gasteiger partial charge in [-0.1, -0.05) is 39.7 Å². The van der Waals surface area contributed by atoms with Gasteiger partial charge in [0.05, 0.1) is 0 Å². The van der Waals surface area contributed by atoms with Gasteiger partial charge in [0, 0.05) is 5.54 Å². The molecule has 2 heteroatoms. The standard InChI is InChI=1S/C17H26FN/c1-12-11-13(18)8-9-14(12)17(19)10-6-5-7-15(17)16(2,3)4/h8-9,11,15H,5-7,10,19H2,1-4H3. The minimum atomic E-state index is -0.311. The monoisotopic (exact) mass is 263 g/mol. The largest absolute Gasteiger partial charge is 0.321 e. The van der Waals surface area contributed by atoms with Gasteiger partial charge < -0.3 is 5.73 Å². The molecule has 1 nitrogen and oxygen atoms in total. The first-order valence-electron chi connectivity index (χ1n) is 7.30. The molecular formula is C17H26FN. The third kappa shape index (κ3) is 2.69. The highest BCUT2D eigenvalue weighted by Crippen LogP contribution is 2.48. The molecule has 1 aromatic rings. The van der Waals surface area contributed by atoms with Gasteiger partial charge in [0.1, 0.15) is 5.82 Å². The van der Waals surface area contributed by atoms with Gasteiger partial charge in [-0.25, -0.2) is 4.39 Å². The molecule has 0 bridgehead atoms. The summed E-state index contributed by atoms with van der Waals surface area (Å²) in [6.07, 6.45) is 4.58. The van der Waals surface area contributed by atoms with Crippen molar-refractivity contribution in [1.29, 1.82) is 0 Å². The summed E-state index contributed by atoms with van der Waals surface area (Å²) in [5.74, 6) is 0.269. The van der Waals surface area contributed by atoms with Gasteiger partial charge in [0.15, 0.2) is 0 Å². The highest BCUT2D eigenvalue weighted by molar-refractivity contribution is 5.34. The Kier molecular flexibility index (Phi) is 3.74. The summed E-state index contributed by atoms with van der Waals surface area (Å²) >= 11 is 0. The fourth-order valence-electron chi connectivity index (χ4n) is 3.88. The Morgan fingerprint density at radius 3 is 2.53 bits per heavy atom. The number of aryl methyl sites for hydroxylation is 1. The molecule has 1 aliphatic rings. The van der Waals surface area contributed by atoms with Gasteiger partial charge in [-0.05, 0) is 54.4 Å². The molecule has 1 fully saturated rings. The van der Waals surface area contributed by atoms with Gasteiger partial charge in [0.2, 0.25) is 0 Å². The summed E-state index contributed by atoms with van der Waals surface area (Å²) in [5.41, 5.74) is 8.82. The maximum absolute atomic E-state index is 13.3. The second kappa shape index (κ2) is 4.90. The van der Waals surface area contributed by atoms with Crippen molar-refractivity contribution in [2.75, 3.05) is 0 Å². The first-order chi connectivity index (χ1) is 8.75. The molecule has 0 spiro atoms. The molecule has 0 radical (unpaired) electrons. The van der Waals surface area contributed by atoms with E-state index < -0.39 is 0 Å². The molecule has 2 N–H and O–H groups in total. The Bertz CT molecular complexity index is 461. The Morgan fingerprint density at radius 2 is 1.95 bits per heavy atom. The topological polar surface area (TPSA) is 26.0 Å². The number of hydrogen-bond donors (Lipinski definition) is 1. The van der Waals surface area contributed by atoms with Crippen molar-refractivity contribution in [3.8, 4) is 0 Å². The molecule has 2 unspecified atom stereocenters. The van der Waals surface area contributed by atoms with Crippen LogP contribution in [-0.4, -0.2) is 0 Å². The number of benzene rings is 1. The molecule has 0 aromatic heterocycles. The zero-order chi connectivity index (χ0) is 14.3. The molecular weight excluding hydrogens is 237 g/mol. The van der Waals surface area contributed by atoms with E-state index >= 15 is 0 Å². The van der Waals surface area contributed by atoms with Crippen LogP contribution < -0.4 is 5.73 Å². The fourth-order valence-corrected chi connectivity index (χ4v) is 3.88.